The van der Waals surface area contributed by atoms with E-state index in [1.807, 2.05) is 28.1 Å². The van der Waals surface area contributed by atoms with Gasteiger partial charge in [-0.25, -0.2) is 0 Å². The van der Waals surface area contributed by atoms with Gasteiger partial charge in [-0.05, 0) is 18.9 Å². The molecule has 0 N–H and O–H groups in total. The summed E-state index contributed by atoms with van der Waals surface area (Å²) in [4.78, 5) is 48.5. The van der Waals surface area contributed by atoms with E-state index in [0.717, 1.165) is 19.3 Å². The van der Waals surface area contributed by atoms with Crippen molar-refractivity contribution in [1.29, 1.82) is 0 Å². The van der Waals surface area contributed by atoms with Crippen molar-refractivity contribution in [2.24, 2.45) is 0 Å². The van der Waals surface area contributed by atoms with E-state index in [9.17, 15) is 23.8 Å². The Hall–Kier alpha value is -1.58. The van der Waals surface area contributed by atoms with Crippen LogP contribution in [0.2, 0.25) is 0 Å². The third-order valence-corrected chi connectivity index (χ3v) is 7.46. The summed E-state index contributed by atoms with van der Waals surface area (Å²) in [6, 6.07) is 0. The number of allylic oxidation sites excluding steroid dienone is 2. The Balaban J connectivity index is 4.45. The first-order valence-corrected chi connectivity index (χ1v) is 17.3. The van der Waals surface area contributed by atoms with Gasteiger partial charge >= 0.3 is 11.9 Å². The number of quaternary nitrogens is 1. The van der Waals surface area contributed by atoms with E-state index in [1.54, 1.807) is 6.08 Å². The molecule has 246 valence electrons. The normalized spacial score (nSPS) is 14.0. The lowest BCUT2D eigenvalue weighted by Crippen LogP contribution is -2.37. The molecule has 0 aliphatic heterocycles. The number of hydrogen-bond donors (Lipinski definition) is 0. The van der Waals surface area contributed by atoms with Crippen molar-refractivity contribution in [2.45, 2.75) is 123 Å². The molecule has 0 fully saturated rings. The SMILES string of the molecule is CC/C=C/C(=O)CC(=O)O[C@H](COC(=O)CCCCCCCCCCCCCCC)COP(=O)([O-])OCC[N+](C)(C)C. The summed E-state index contributed by atoms with van der Waals surface area (Å²) in [7, 11) is 0.984. The Morgan fingerprint density at radius 1 is 0.786 bits per heavy atom. The minimum atomic E-state index is -4.68. The van der Waals surface area contributed by atoms with Crippen molar-refractivity contribution in [1.82, 2.24) is 0 Å². The van der Waals surface area contributed by atoms with E-state index < -0.39 is 44.7 Å². The van der Waals surface area contributed by atoms with Gasteiger partial charge in [0.25, 0.3) is 7.82 Å². The van der Waals surface area contributed by atoms with E-state index in [4.69, 9.17) is 18.5 Å². The van der Waals surface area contributed by atoms with Crippen LogP contribution in [-0.4, -0.2) is 75.8 Å². The molecule has 0 amide bonds. The largest absolute Gasteiger partial charge is 0.756 e. The van der Waals surface area contributed by atoms with Gasteiger partial charge in [-0.3, -0.25) is 18.9 Å². The van der Waals surface area contributed by atoms with Crippen molar-refractivity contribution in [2.75, 3.05) is 47.5 Å². The topological polar surface area (TPSA) is 128 Å². The fraction of sp³-hybridized carbons (Fsp3) is 0.839. The summed E-state index contributed by atoms with van der Waals surface area (Å²) in [5.41, 5.74) is 0. The molecule has 0 radical (unpaired) electrons. The molecule has 0 aliphatic rings. The zero-order chi connectivity index (χ0) is 31.7. The van der Waals surface area contributed by atoms with Crippen LogP contribution in [0.25, 0.3) is 0 Å². The van der Waals surface area contributed by atoms with Gasteiger partial charge in [0.05, 0.1) is 27.7 Å². The number of ketones is 1. The minimum Gasteiger partial charge on any atom is -0.756 e. The molecule has 0 aromatic heterocycles. The number of unbranched alkanes of at least 4 members (excludes halogenated alkanes) is 12. The lowest BCUT2D eigenvalue weighted by atomic mass is 10.0. The number of phosphoric acid groups is 1. The molecular weight excluding hydrogens is 561 g/mol. The molecule has 0 saturated heterocycles. The first kappa shape index (κ1) is 40.4. The Morgan fingerprint density at radius 3 is 1.86 bits per heavy atom. The molecule has 0 heterocycles. The number of rotatable bonds is 28. The van der Waals surface area contributed by atoms with Gasteiger partial charge in [-0.15, -0.1) is 0 Å². The Bertz CT molecular complexity index is 811. The van der Waals surface area contributed by atoms with E-state index >= 15 is 0 Å². The molecule has 42 heavy (non-hydrogen) atoms. The Kier molecular flexibility index (Phi) is 23.9. The molecule has 1 unspecified atom stereocenters. The molecule has 0 aliphatic carbocycles. The smallest absolute Gasteiger partial charge is 0.314 e. The van der Waals surface area contributed by atoms with Gasteiger partial charge in [0.15, 0.2) is 11.9 Å². The maximum atomic E-state index is 12.3. The highest BCUT2D eigenvalue weighted by Crippen LogP contribution is 2.38. The van der Waals surface area contributed by atoms with E-state index in [1.165, 1.54) is 63.9 Å². The molecule has 0 rings (SSSR count). The molecule has 10 nitrogen and oxygen atoms in total. The number of carbonyl (C=O) groups excluding carboxylic acids is 3. The molecule has 2 atom stereocenters. The van der Waals surface area contributed by atoms with Gasteiger partial charge in [0.1, 0.15) is 26.2 Å². The lowest BCUT2D eigenvalue weighted by molar-refractivity contribution is -0.870. The molecule has 0 bridgehead atoms. The van der Waals surface area contributed by atoms with Crippen molar-refractivity contribution >= 4 is 25.5 Å². The van der Waals surface area contributed by atoms with Crippen molar-refractivity contribution in [3.8, 4) is 0 Å². The van der Waals surface area contributed by atoms with Crippen LogP contribution in [0.4, 0.5) is 0 Å². The predicted molar refractivity (Wildman–Crippen MR) is 163 cm³/mol. The van der Waals surface area contributed by atoms with Crippen LogP contribution in [-0.2, 0) is 37.5 Å². The van der Waals surface area contributed by atoms with Crippen LogP contribution in [0.1, 0.15) is 117 Å². The second-order valence-electron chi connectivity index (χ2n) is 11.8. The van der Waals surface area contributed by atoms with Gasteiger partial charge in [-0.1, -0.05) is 97.0 Å². The number of esters is 2. The first-order valence-electron chi connectivity index (χ1n) is 15.8. The van der Waals surface area contributed by atoms with Crippen molar-refractivity contribution < 1.29 is 46.8 Å². The first-order chi connectivity index (χ1) is 19.9. The summed E-state index contributed by atoms with van der Waals surface area (Å²) in [6.07, 6.45) is 17.6. The Labute approximate surface area is 254 Å². The van der Waals surface area contributed by atoms with Crippen LogP contribution in [0.15, 0.2) is 12.2 Å². The van der Waals surface area contributed by atoms with Crippen LogP contribution in [0.3, 0.4) is 0 Å². The fourth-order valence-electron chi connectivity index (χ4n) is 3.98. The van der Waals surface area contributed by atoms with E-state index in [0.29, 0.717) is 23.9 Å². The molecular formula is C31H58NO9P. The molecule has 0 saturated carbocycles. The van der Waals surface area contributed by atoms with Crippen molar-refractivity contribution in [3.05, 3.63) is 12.2 Å². The Morgan fingerprint density at radius 2 is 1.33 bits per heavy atom. The number of phosphoric ester groups is 1. The van der Waals surface area contributed by atoms with Crippen LogP contribution in [0.5, 0.6) is 0 Å². The highest BCUT2D eigenvalue weighted by molar-refractivity contribution is 7.45. The number of carbonyl (C=O) groups is 3. The maximum Gasteiger partial charge on any atom is 0.314 e. The standard InChI is InChI=1S/C31H58NO9P/c1-6-8-10-11-12-13-14-15-16-17-18-19-20-22-30(34)38-26-29(41-31(35)25-28(33)21-9-7-2)27-40-42(36,37)39-24-23-32(3,4)5/h9,21,29H,6-8,10-20,22-27H2,1-5H3/b21-9+/t29-/m1/s1. The molecule has 0 aromatic rings. The summed E-state index contributed by atoms with van der Waals surface area (Å²) < 4.78 is 32.9. The van der Waals surface area contributed by atoms with E-state index in [2.05, 4.69) is 6.92 Å². The average molecular weight is 620 g/mol. The number of ether oxygens (including phenoxy) is 2. The maximum absolute atomic E-state index is 12.3. The second kappa shape index (κ2) is 24.8. The third-order valence-electron chi connectivity index (χ3n) is 6.50. The second-order valence-corrected chi connectivity index (χ2v) is 13.2. The molecule has 0 spiro atoms. The molecule has 0 aromatic carbocycles. The van der Waals surface area contributed by atoms with Gasteiger partial charge in [0.2, 0.25) is 0 Å². The van der Waals surface area contributed by atoms with Gasteiger partial charge in [0, 0.05) is 6.42 Å². The van der Waals surface area contributed by atoms with Crippen molar-refractivity contribution in [3.63, 3.8) is 0 Å². The average Bonchev–Trinajstić information content (AvgIpc) is 2.90. The summed E-state index contributed by atoms with van der Waals surface area (Å²) >= 11 is 0. The zero-order valence-electron chi connectivity index (χ0n) is 26.9. The minimum absolute atomic E-state index is 0.0822. The monoisotopic (exact) mass is 619 g/mol. The summed E-state index contributed by atoms with van der Waals surface area (Å²) in [5.74, 6) is -1.78. The van der Waals surface area contributed by atoms with Crippen LogP contribution in [0, 0.1) is 0 Å². The quantitative estimate of drug-likeness (QED) is 0.0256. The number of nitrogens with zero attached hydrogens (tertiary/aromatic N) is 1. The highest BCUT2D eigenvalue weighted by Gasteiger charge is 2.22. The zero-order valence-corrected chi connectivity index (χ0v) is 27.8. The number of hydrogen-bond acceptors (Lipinski definition) is 9. The predicted octanol–water partition coefficient (Wildman–Crippen LogP) is 6.06. The van der Waals surface area contributed by atoms with Gasteiger partial charge in [-0.2, -0.15) is 0 Å². The lowest BCUT2D eigenvalue weighted by Gasteiger charge is -2.28. The number of likely N-dealkylation sites (N-methyl/N-ethyl adjacent to an activating group) is 1. The van der Waals surface area contributed by atoms with Crippen LogP contribution < -0.4 is 4.89 Å². The molecule has 11 heteroatoms. The summed E-state index contributed by atoms with van der Waals surface area (Å²) in [5, 5.41) is 0. The van der Waals surface area contributed by atoms with Gasteiger partial charge < -0.3 is 27.9 Å². The van der Waals surface area contributed by atoms with E-state index in [-0.39, 0.29) is 19.6 Å². The summed E-state index contributed by atoms with van der Waals surface area (Å²) in [6.45, 7) is 3.45. The third kappa shape index (κ3) is 27.3. The fourth-order valence-corrected chi connectivity index (χ4v) is 4.71. The highest BCUT2D eigenvalue weighted by atomic mass is 31.2. The van der Waals surface area contributed by atoms with Crippen LogP contribution >= 0.6 is 7.82 Å².